The molecule has 1 aliphatic heterocycles. The second-order valence-corrected chi connectivity index (χ2v) is 6.39. The molecule has 0 unspecified atom stereocenters. The van der Waals surface area contributed by atoms with E-state index in [1.54, 1.807) is 30.5 Å². The molecule has 3 aromatic rings. The highest BCUT2D eigenvalue weighted by Gasteiger charge is 2.19. The third-order valence-electron chi connectivity index (χ3n) is 3.98. The monoisotopic (exact) mass is 390 g/mol. The Hall–Kier alpha value is -3.49. The minimum Gasteiger partial charge on any atom is -0.486 e. The zero-order chi connectivity index (χ0) is 19.3. The van der Waals surface area contributed by atoms with Crippen molar-refractivity contribution >= 4 is 23.2 Å². The molecular weight excluding hydrogens is 376 g/mol. The second kappa shape index (κ2) is 8.03. The number of aromatic nitrogens is 1. The van der Waals surface area contributed by atoms with E-state index in [4.69, 9.17) is 21.1 Å². The molecule has 0 saturated heterocycles. The first-order valence-corrected chi connectivity index (χ1v) is 9.00. The van der Waals surface area contributed by atoms with Gasteiger partial charge in [0, 0.05) is 23.0 Å². The molecule has 0 bridgehead atoms. The largest absolute Gasteiger partial charge is 0.486 e. The highest BCUT2D eigenvalue weighted by atomic mass is 35.5. The number of nitrogens with zero attached hydrogens (tertiary/aromatic N) is 1. The number of anilines is 1. The molecule has 2 aromatic carbocycles. The van der Waals surface area contributed by atoms with Crippen LogP contribution in [-0.4, -0.2) is 24.1 Å². The van der Waals surface area contributed by atoms with Gasteiger partial charge in [0.2, 0.25) is 0 Å². The molecule has 1 aliphatic rings. The lowest BCUT2D eigenvalue weighted by atomic mass is 10.1. The quantitative estimate of drug-likeness (QED) is 0.667. The van der Waals surface area contributed by atoms with E-state index in [0.717, 1.165) is 5.56 Å². The van der Waals surface area contributed by atoms with E-state index in [2.05, 4.69) is 22.1 Å². The minimum absolute atomic E-state index is 0.297. The zero-order valence-electron chi connectivity index (χ0n) is 14.7. The number of ether oxygens (including phenoxy) is 2. The van der Waals surface area contributed by atoms with Gasteiger partial charge in [-0.3, -0.25) is 4.79 Å². The molecule has 0 radical (unpaired) electrons. The first-order valence-electron chi connectivity index (χ1n) is 8.63. The Labute approximate surface area is 167 Å². The summed E-state index contributed by atoms with van der Waals surface area (Å²) >= 11 is 6.21. The molecule has 138 valence electrons. The van der Waals surface area contributed by atoms with Gasteiger partial charge in [0.1, 0.15) is 18.9 Å². The van der Waals surface area contributed by atoms with Crippen LogP contribution in [0.1, 0.15) is 21.6 Å². The lowest BCUT2D eigenvalue weighted by molar-refractivity contribution is 0.102. The minimum atomic E-state index is -0.297. The molecule has 5 nitrogen and oxygen atoms in total. The smallest absolute Gasteiger partial charge is 0.255 e. The third-order valence-corrected chi connectivity index (χ3v) is 4.26. The second-order valence-electron chi connectivity index (χ2n) is 5.98. The van der Waals surface area contributed by atoms with Crippen molar-refractivity contribution in [1.82, 2.24) is 4.98 Å². The summed E-state index contributed by atoms with van der Waals surface area (Å²) in [6.07, 6.45) is 1.69. The number of hydrogen-bond donors (Lipinski definition) is 1. The number of fused-ring (bicyclic) bond motifs is 1. The maximum absolute atomic E-state index is 12.6. The zero-order valence-corrected chi connectivity index (χ0v) is 15.5. The summed E-state index contributed by atoms with van der Waals surface area (Å²) < 4.78 is 11.0. The average molecular weight is 391 g/mol. The fraction of sp³-hybridized carbons (Fsp3) is 0.0909. The highest BCUT2D eigenvalue weighted by Crippen LogP contribution is 2.38. The van der Waals surface area contributed by atoms with E-state index in [0.29, 0.717) is 46.7 Å². The summed E-state index contributed by atoms with van der Waals surface area (Å²) in [5, 5.41) is 3.20. The van der Waals surface area contributed by atoms with Crippen LogP contribution >= 0.6 is 11.6 Å². The number of carbonyl (C=O) groups is 1. The summed E-state index contributed by atoms with van der Waals surface area (Å²) in [6.45, 7) is 0.857. The molecular formula is C22H15ClN2O3. The maximum Gasteiger partial charge on any atom is 0.255 e. The summed E-state index contributed by atoms with van der Waals surface area (Å²) in [5.74, 6) is 6.68. The van der Waals surface area contributed by atoms with Crippen molar-refractivity contribution in [1.29, 1.82) is 0 Å². The maximum atomic E-state index is 12.6. The standard InChI is InChI=1S/C22H15ClN2O3/c23-19-13-16(14-20-21(19)28-11-10-27-20)22(26)25-18-6-3-4-15(12-18)7-8-17-5-1-2-9-24-17/h1-6,9,12-14H,10-11H2,(H,25,26). The number of pyridine rings is 1. The Balaban J connectivity index is 1.53. The molecule has 0 atom stereocenters. The number of amides is 1. The molecule has 0 fully saturated rings. The summed E-state index contributed by atoms with van der Waals surface area (Å²) in [7, 11) is 0. The summed E-state index contributed by atoms with van der Waals surface area (Å²) in [4.78, 5) is 16.8. The molecule has 0 spiro atoms. The lowest BCUT2D eigenvalue weighted by Gasteiger charge is -2.20. The van der Waals surface area contributed by atoms with Gasteiger partial charge in [0.05, 0.1) is 5.02 Å². The summed E-state index contributed by atoms with van der Waals surface area (Å²) in [5.41, 5.74) is 2.47. The number of nitrogens with one attached hydrogen (secondary N) is 1. The average Bonchev–Trinajstić information content (AvgIpc) is 2.73. The molecule has 6 heteroatoms. The Morgan fingerprint density at radius 2 is 1.93 bits per heavy atom. The Kier molecular flexibility index (Phi) is 5.14. The van der Waals surface area contributed by atoms with Crippen LogP contribution in [0.2, 0.25) is 5.02 Å². The number of rotatable bonds is 2. The van der Waals surface area contributed by atoms with Crippen molar-refractivity contribution in [3.63, 3.8) is 0 Å². The van der Waals surface area contributed by atoms with Gasteiger partial charge in [-0.1, -0.05) is 29.7 Å². The normalized spacial score (nSPS) is 11.9. The van der Waals surface area contributed by atoms with Crippen molar-refractivity contribution in [3.8, 4) is 23.3 Å². The van der Waals surface area contributed by atoms with E-state index in [9.17, 15) is 4.79 Å². The number of hydrogen-bond acceptors (Lipinski definition) is 4. The van der Waals surface area contributed by atoms with Gasteiger partial charge in [-0.05, 0) is 48.4 Å². The van der Waals surface area contributed by atoms with Crippen LogP contribution in [-0.2, 0) is 0 Å². The van der Waals surface area contributed by atoms with Crippen LogP contribution < -0.4 is 14.8 Å². The molecule has 2 heterocycles. The lowest BCUT2D eigenvalue weighted by Crippen LogP contribution is -2.17. The predicted octanol–water partition coefficient (Wildman–Crippen LogP) is 4.16. The van der Waals surface area contributed by atoms with E-state index in [-0.39, 0.29) is 5.91 Å². The van der Waals surface area contributed by atoms with Crippen molar-refractivity contribution in [3.05, 3.63) is 82.6 Å². The number of benzene rings is 2. The third kappa shape index (κ3) is 4.08. The van der Waals surface area contributed by atoms with Crippen LogP contribution in [0.15, 0.2) is 60.8 Å². The van der Waals surface area contributed by atoms with Gasteiger partial charge in [0.25, 0.3) is 5.91 Å². The van der Waals surface area contributed by atoms with Crippen molar-refractivity contribution in [2.24, 2.45) is 0 Å². The van der Waals surface area contributed by atoms with Crippen molar-refractivity contribution < 1.29 is 14.3 Å². The molecule has 1 aromatic heterocycles. The molecule has 0 aliphatic carbocycles. The van der Waals surface area contributed by atoms with E-state index in [1.807, 2.05) is 30.3 Å². The Bertz CT molecular complexity index is 1090. The van der Waals surface area contributed by atoms with Crippen LogP contribution in [0.5, 0.6) is 11.5 Å². The Morgan fingerprint density at radius 3 is 2.79 bits per heavy atom. The van der Waals surface area contributed by atoms with Gasteiger partial charge in [-0.25, -0.2) is 4.98 Å². The first kappa shape index (κ1) is 17.9. The fourth-order valence-corrected chi connectivity index (χ4v) is 2.96. The summed E-state index contributed by atoms with van der Waals surface area (Å²) in [6, 6.07) is 16.0. The van der Waals surface area contributed by atoms with E-state index < -0.39 is 0 Å². The van der Waals surface area contributed by atoms with Crippen LogP contribution in [0.25, 0.3) is 0 Å². The molecule has 1 N–H and O–H groups in total. The number of halogens is 1. The molecule has 28 heavy (non-hydrogen) atoms. The fourth-order valence-electron chi connectivity index (χ4n) is 2.69. The van der Waals surface area contributed by atoms with Crippen LogP contribution in [0.4, 0.5) is 5.69 Å². The SMILES string of the molecule is O=C(Nc1cccc(C#Cc2ccccn2)c1)c1cc(Cl)c2c(c1)OCCO2. The van der Waals surface area contributed by atoms with E-state index in [1.165, 1.54) is 0 Å². The Morgan fingerprint density at radius 1 is 1.04 bits per heavy atom. The van der Waals surface area contributed by atoms with Crippen LogP contribution in [0.3, 0.4) is 0 Å². The highest BCUT2D eigenvalue weighted by molar-refractivity contribution is 6.32. The van der Waals surface area contributed by atoms with Gasteiger partial charge in [0.15, 0.2) is 11.5 Å². The van der Waals surface area contributed by atoms with E-state index >= 15 is 0 Å². The predicted molar refractivity (Wildman–Crippen MR) is 107 cm³/mol. The van der Waals surface area contributed by atoms with Gasteiger partial charge >= 0.3 is 0 Å². The van der Waals surface area contributed by atoms with Gasteiger partial charge in [-0.15, -0.1) is 0 Å². The van der Waals surface area contributed by atoms with Crippen molar-refractivity contribution in [2.75, 3.05) is 18.5 Å². The van der Waals surface area contributed by atoms with Crippen molar-refractivity contribution in [2.45, 2.75) is 0 Å². The molecule has 0 saturated carbocycles. The molecule has 1 amide bonds. The first-order chi connectivity index (χ1) is 13.7. The topological polar surface area (TPSA) is 60.5 Å². The molecule has 4 rings (SSSR count). The number of carbonyl (C=O) groups excluding carboxylic acids is 1. The van der Waals surface area contributed by atoms with Gasteiger partial charge < -0.3 is 14.8 Å². The van der Waals surface area contributed by atoms with Crippen LogP contribution in [0, 0.1) is 11.8 Å². The van der Waals surface area contributed by atoms with Gasteiger partial charge in [-0.2, -0.15) is 0 Å².